The number of nitrogens with one attached hydrogen (secondary N) is 1. The summed E-state index contributed by atoms with van der Waals surface area (Å²) in [5.41, 5.74) is 2.53. The maximum atomic E-state index is 14.5. The molecule has 1 saturated carbocycles. The van der Waals surface area contributed by atoms with E-state index >= 15 is 0 Å². The highest BCUT2D eigenvalue weighted by Gasteiger charge is 2.51. The average molecular weight is 409 g/mol. The van der Waals surface area contributed by atoms with Gasteiger partial charge < -0.3 is 19.9 Å². The highest BCUT2D eigenvalue weighted by atomic mass is 19.1. The summed E-state index contributed by atoms with van der Waals surface area (Å²) in [5.74, 6) is 0.541. The van der Waals surface area contributed by atoms with Gasteiger partial charge in [-0.25, -0.2) is 4.39 Å². The Morgan fingerprint density at radius 2 is 1.87 bits per heavy atom. The molecule has 0 spiro atoms. The summed E-state index contributed by atoms with van der Waals surface area (Å²) in [6.45, 7) is 0.0494. The second kappa shape index (κ2) is 7.15. The molecule has 0 unspecified atom stereocenters. The largest absolute Gasteiger partial charge is 0.454 e. The van der Waals surface area contributed by atoms with Crippen LogP contribution in [0.4, 0.5) is 10.1 Å². The summed E-state index contributed by atoms with van der Waals surface area (Å²) in [4.78, 5) is 13.1. The van der Waals surface area contributed by atoms with E-state index < -0.39 is 11.2 Å². The molecule has 0 bridgehead atoms. The molecule has 1 aliphatic carbocycles. The number of hydrogen-bond donors (Lipinski definition) is 2. The van der Waals surface area contributed by atoms with Crippen LogP contribution in [-0.4, -0.2) is 17.8 Å². The predicted octanol–water partition coefficient (Wildman–Crippen LogP) is 4.88. The first-order chi connectivity index (χ1) is 14.6. The van der Waals surface area contributed by atoms with E-state index in [1.165, 1.54) is 6.07 Å². The smallest absolute Gasteiger partial charge is 0.235 e. The van der Waals surface area contributed by atoms with Crippen LogP contribution < -0.4 is 14.8 Å². The van der Waals surface area contributed by atoms with Crippen LogP contribution in [0.15, 0.2) is 60.7 Å². The Morgan fingerprint density at radius 3 is 2.67 bits per heavy atom. The summed E-state index contributed by atoms with van der Waals surface area (Å²) < 4.78 is 25.3. The number of fused-ring (bicyclic) bond motifs is 1. The fourth-order valence-electron chi connectivity index (χ4n) is 3.94. The maximum Gasteiger partial charge on any atom is 0.235 e. The fourth-order valence-corrected chi connectivity index (χ4v) is 3.94. The second-order valence-electron chi connectivity index (χ2n) is 7.61. The molecule has 3 aromatic carbocycles. The molecule has 5 nitrogen and oxygen atoms in total. The Bertz CT molecular complexity index is 1150. The van der Waals surface area contributed by atoms with Gasteiger partial charge >= 0.3 is 0 Å². The van der Waals surface area contributed by atoms with E-state index in [4.69, 9.17) is 9.47 Å². The number of amides is 1. The number of anilines is 1. The molecule has 1 amide bonds. The van der Waals surface area contributed by atoms with Crippen LogP contribution in [0.5, 0.6) is 11.5 Å². The van der Waals surface area contributed by atoms with Crippen LogP contribution in [-0.2, 0) is 16.8 Å². The molecule has 2 N–H and O–H groups in total. The van der Waals surface area contributed by atoms with Crippen molar-refractivity contribution in [2.75, 3.05) is 12.1 Å². The summed E-state index contributed by atoms with van der Waals surface area (Å²) in [7, 11) is 0. The first kappa shape index (κ1) is 18.6. The summed E-state index contributed by atoms with van der Waals surface area (Å²) in [6.07, 6.45) is 1.38. The van der Waals surface area contributed by atoms with E-state index in [2.05, 4.69) is 5.32 Å². The third kappa shape index (κ3) is 3.09. The first-order valence-corrected chi connectivity index (χ1v) is 9.81. The maximum absolute atomic E-state index is 14.5. The highest BCUT2D eigenvalue weighted by Crippen LogP contribution is 2.51. The molecule has 1 fully saturated rings. The van der Waals surface area contributed by atoms with Gasteiger partial charge in [-0.2, -0.15) is 0 Å². The van der Waals surface area contributed by atoms with E-state index in [0.29, 0.717) is 24.3 Å². The molecule has 0 saturated heterocycles. The lowest BCUT2D eigenvalue weighted by Gasteiger charge is -2.17. The zero-order valence-electron chi connectivity index (χ0n) is 16.2. The standard InChI is InChI=1S/C24H20FNO4.2H2/c25-19-7-5-15(18-4-2-1-3-16(18)13-27)11-20(19)26-23(28)24(9-10-24)17-6-8-21-22(12-17)30-14-29-21;;/h1-8,11-12,27H,9-10,13-14H2,(H,26,28);2*1H. The first-order valence-electron chi connectivity index (χ1n) is 9.81. The number of benzene rings is 3. The second-order valence-corrected chi connectivity index (χ2v) is 7.61. The number of aliphatic hydroxyl groups is 1. The lowest BCUT2D eigenvalue weighted by atomic mass is 9.94. The van der Waals surface area contributed by atoms with Crippen molar-refractivity contribution >= 4 is 11.6 Å². The van der Waals surface area contributed by atoms with Crippen molar-refractivity contribution in [1.82, 2.24) is 0 Å². The van der Waals surface area contributed by atoms with Gasteiger partial charge in [0.25, 0.3) is 0 Å². The van der Waals surface area contributed by atoms with Gasteiger partial charge in [-0.15, -0.1) is 0 Å². The molecular formula is C24H24FNO4. The Labute approximate surface area is 176 Å². The highest BCUT2D eigenvalue weighted by molar-refractivity contribution is 6.02. The topological polar surface area (TPSA) is 67.8 Å². The van der Waals surface area contributed by atoms with Gasteiger partial charge in [0, 0.05) is 2.85 Å². The van der Waals surface area contributed by atoms with Crippen LogP contribution in [0.2, 0.25) is 0 Å². The van der Waals surface area contributed by atoms with E-state index in [-0.39, 0.29) is 27.8 Å². The molecule has 2 aliphatic rings. The zero-order valence-corrected chi connectivity index (χ0v) is 16.2. The van der Waals surface area contributed by atoms with Gasteiger partial charge in [0.1, 0.15) is 5.82 Å². The normalized spacial score (nSPS) is 15.7. The Morgan fingerprint density at radius 1 is 1.07 bits per heavy atom. The number of carbonyl (C=O) groups excluding carboxylic acids is 1. The van der Waals surface area contributed by atoms with Crippen molar-refractivity contribution in [1.29, 1.82) is 0 Å². The van der Waals surface area contributed by atoms with Crippen molar-refractivity contribution in [3.63, 3.8) is 0 Å². The summed E-state index contributed by atoms with van der Waals surface area (Å²) in [6, 6.07) is 17.5. The Balaban J connectivity index is 0.00000144. The molecule has 3 aromatic rings. The van der Waals surface area contributed by atoms with Gasteiger partial charge in [-0.3, -0.25) is 4.79 Å². The van der Waals surface area contributed by atoms with E-state index in [0.717, 1.165) is 22.3 Å². The lowest BCUT2D eigenvalue weighted by Crippen LogP contribution is -2.28. The molecule has 6 heteroatoms. The van der Waals surface area contributed by atoms with Crippen LogP contribution >= 0.6 is 0 Å². The third-order valence-corrected chi connectivity index (χ3v) is 5.82. The number of carbonyl (C=O) groups is 1. The monoisotopic (exact) mass is 409 g/mol. The van der Waals surface area contributed by atoms with E-state index in [9.17, 15) is 14.3 Å². The Kier molecular flexibility index (Phi) is 4.44. The van der Waals surface area contributed by atoms with Crippen LogP contribution in [0.3, 0.4) is 0 Å². The fraction of sp³-hybridized carbons (Fsp3) is 0.208. The minimum atomic E-state index is -0.688. The van der Waals surface area contributed by atoms with Crippen LogP contribution in [0.25, 0.3) is 11.1 Å². The minimum absolute atomic E-state index is 0. The molecule has 0 radical (unpaired) electrons. The molecular weight excluding hydrogens is 385 g/mol. The van der Waals surface area contributed by atoms with Crippen LogP contribution in [0, 0.1) is 5.82 Å². The quantitative estimate of drug-likeness (QED) is 0.631. The van der Waals surface area contributed by atoms with Crippen molar-refractivity contribution in [2.45, 2.75) is 24.9 Å². The van der Waals surface area contributed by atoms with E-state index in [1.54, 1.807) is 18.2 Å². The number of halogens is 1. The molecule has 1 heterocycles. The Hall–Kier alpha value is -3.38. The number of rotatable bonds is 5. The van der Waals surface area contributed by atoms with Gasteiger partial charge in [-0.1, -0.05) is 36.4 Å². The van der Waals surface area contributed by atoms with Gasteiger partial charge in [0.2, 0.25) is 12.7 Å². The van der Waals surface area contributed by atoms with Crippen molar-refractivity contribution in [3.8, 4) is 22.6 Å². The van der Waals surface area contributed by atoms with Crippen LogP contribution in [0.1, 0.15) is 26.8 Å². The molecule has 5 rings (SSSR count). The number of hydrogen-bond acceptors (Lipinski definition) is 4. The summed E-state index contributed by atoms with van der Waals surface area (Å²) >= 11 is 0. The number of aliphatic hydroxyl groups excluding tert-OH is 1. The molecule has 156 valence electrons. The van der Waals surface area contributed by atoms with Crippen molar-refractivity contribution in [2.24, 2.45) is 0 Å². The van der Waals surface area contributed by atoms with Crippen molar-refractivity contribution in [3.05, 3.63) is 77.6 Å². The zero-order chi connectivity index (χ0) is 20.7. The SMILES string of the molecule is O=C(Nc1cc(-c2ccccc2CO)ccc1F)C1(c2ccc3c(c2)OCO3)CC1.[HH].[HH]. The van der Waals surface area contributed by atoms with E-state index in [1.807, 2.05) is 36.4 Å². The van der Waals surface area contributed by atoms with Gasteiger partial charge in [-0.05, 0) is 59.4 Å². The third-order valence-electron chi connectivity index (χ3n) is 5.82. The lowest BCUT2D eigenvalue weighted by molar-refractivity contribution is -0.118. The molecule has 1 aliphatic heterocycles. The van der Waals surface area contributed by atoms with Gasteiger partial charge in [0.15, 0.2) is 11.5 Å². The van der Waals surface area contributed by atoms with Gasteiger partial charge in [0.05, 0.1) is 17.7 Å². The summed E-state index contributed by atoms with van der Waals surface area (Å²) in [5, 5.41) is 12.4. The molecule has 0 atom stereocenters. The average Bonchev–Trinajstić information content (AvgIpc) is 3.46. The predicted molar refractivity (Wildman–Crippen MR) is 114 cm³/mol. The van der Waals surface area contributed by atoms with Crippen molar-refractivity contribution < 1.29 is 26.6 Å². The molecule has 0 aromatic heterocycles. The number of ether oxygens (including phenoxy) is 2. The molecule has 30 heavy (non-hydrogen) atoms. The minimum Gasteiger partial charge on any atom is -0.454 e.